The van der Waals surface area contributed by atoms with E-state index < -0.39 is 0 Å². The second-order valence-electron chi connectivity index (χ2n) is 7.30. The molecule has 0 heterocycles. The van der Waals surface area contributed by atoms with Crippen LogP contribution < -0.4 is 9.47 Å². The summed E-state index contributed by atoms with van der Waals surface area (Å²) >= 11 is 0. The first-order valence-corrected chi connectivity index (χ1v) is 9.97. The average Bonchev–Trinajstić information content (AvgIpc) is 2.72. The number of halogens is 1. The molecule has 0 bridgehead atoms. The van der Waals surface area contributed by atoms with E-state index in [-0.39, 0.29) is 11.6 Å². The molecule has 0 spiro atoms. The molecular weight excluding hydrogens is 379 g/mol. The molecule has 2 aromatic rings. The lowest BCUT2D eigenvalue weighted by molar-refractivity contribution is 0.104. The van der Waals surface area contributed by atoms with E-state index in [9.17, 15) is 9.18 Å². The first-order valence-electron chi connectivity index (χ1n) is 9.97. The number of benzene rings is 2. The zero-order valence-electron chi connectivity index (χ0n) is 18.1. The van der Waals surface area contributed by atoms with Crippen LogP contribution in [0.15, 0.2) is 71.8 Å². The van der Waals surface area contributed by atoms with Crippen LogP contribution in [0.25, 0.3) is 6.08 Å². The number of allylic oxidation sites excluding steroid dienone is 4. The van der Waals surface area contributed by atoms with Crippen molar-refractivity contribution in [2.45, 2.75) is 33.6 Å². The van der Waals surface area contributed by atoms with Crippen LogP contribution >= 0.6 is 0 Å². The zero-order valence-corrected chi connectivity index (χ0v) is 18.1. The minimum atomic E-state index is -0.339. The van der Waals surface area contributed by atoms with Crippen LogP contribution in [0.4, 0.5) is 4.39 Å². The van der Waals surface area contributed by atoms with Crippen LogP contribution in [0, 0.1) is 5.82 Å². The van der Waals surface area contributed by atoms with E-state index in [1.807, 2.05) is 0 Å². The SMILES string of the molecule is COc1cc(C(=O)/C=C/c2cccc(F)c2)ccc1OC/C=C(\C)CCC=C(C)C. The highest BCUT2D eigenvalue weighted by Crippen LogP contribution is 2.28. The van der Waals surface area contributed by atoms with Gasteiger partial charge >= 0.3 is 0 Å². The van der Waals surface area contributed by atoms with Gasteiger partial charge in [0.2, 0.25) is 0 Å². The van der Waals surface area contributed by atoms with Crippen LogP contribution in [0.5, 0.6) is 11.5 Å². The number of hydrogen-bond acceptors (Lipinski definition) is 3. The average molecular weight is 409 g/mol. The molecule has 0 N–H and O–H groups in total. The highest BCUT2D eigenvalue weighted by Gasteiger charge is 2.09. The highest BCUT2D eigenvalue weighted by molar-refractivity contribution is 6.07. The van der Waals surface area contributed by atoms with Crippen LogP contribution in [-0.4, -0.2) is 19.5 Å². The molecular formula is C26H29FO3. The third-order valence-electron chi connectivity index (χ3n) is 4.49. The highest BCUT2D eigenvalue weighted by atomic mass is 19.1. The van der Waals surface area contributed by atoms with E-state index in [1.165, 1.54) is 29.4 Å². The van der Waals surface area contributed by atoms with Crippen molar-refractivity contribution in [3.05, 3.63) is 88.8 Å². The van der Waals surface area contributed by atoms with E-state index in [2.05, 4.69) is 32.9 Å². The summed E-state index contributed by atoms with van der Waals surface area (Å²) in [5.41, 5.74) is 3.69. The van der Waals surface area contributed by atoms with Crippen molar-refractivity contribution in [3.8, 4) is 11.5 Å². The van der Waals surface area contributed by atoms with E-state index in [1.54, 1.807) is 43.5 Å². The number of methoxy groups -OCH3 is 1. The molecule has 0 aliphatic carbocycles. The van der Waals surface area contributed by atoms with E-state index in [0.29, 0.717) is 29.2 Å². The molecule has 0 atom stereocenters. The molecule has 158 valence electrons. The Morgan fingerprint density at radius 2 is 1.83 bits per heavy atom. The van der Waals surface area contributed by atoms with Gasteiger partial charge < -0.3 is 9.47 Å². The largest absolute Gasteiger partial charge is 0.493 e. The summed E-state index contributed by atoms with van der Waals surface area (Å²) in [6.07, 6.45) is 9.30. The number of carbonyl (C=O) groups excluding carboxylic acids is 1. The molecule has 0 amide bonds. The topological polar surface area (TPSA) is 35.5 Å². The van der Waals surface area contributed by atoms with E-state index >= 15 is 0 Å². The van der Waals surface area contributed by atoms with Gasteiger partial charge in [0, 0.05) is 5.56 Å². The summed E-state index contributed by atoms with van der Waals surface area (Å²) in [7, 11) is 1.54. The molecule has 0 aromatic heterocycles. The number of hydrogen-bond donors (Lipinski definition) is 0. The van der Waals surface area contributed by atoms with Gasteiger partial charge in [-0.15, -0.1) is 0 Å². The number of ketones is 1. The smallest absolute Gasteiger partial charge is 0.185 e. The molecule has 0 radical (unpaired) electrons. The van der Waals surface area contributed by atoms with Gasteiger partial charge in [0.25, 0.3) is 0 Å². The fourth-order valence-electron chi connectivity index (χ4n) is 2.78. The van der Waals surface area contributed by atoms with Crippen LogP contribution in [0.1, 0.15) is 49.5 Å². The first-order chi connectivity index (χ1) is 14.4. The number of ether oxygens (including phenoxy) is 2. The molecule has 2 rings (SSSR count). The van der Waals surface area contributed by atoms with Gasteiger partial charge in [-0.25, -0.2) is 4.39 Å². The standard InChI is InChI=1S/C26H29FO3/c1-19(2)7-5-8-20(3)15-16-30-25-14-12-22(18-26(25)29-4)24(28)13-11-21-9-6-10-23(27)17-21/h6-7,9-15,17-18H,5,8,16H2,1-4H3/b13-11+,20-15+. The van der Waals surface area contributed by atoms with Gasteiger partial charge in [-0.05, 0) is 81.7 Å². The predicted molar refractivity (Wildman–Crippen MR) is 121 cm³/mol. The van der Waals surface area contributed by atoms with Crippen LogP contribution in [0.2, 0.25) is 0 Å². The van der Waals surface area contributed by atoms with Crippen molar-refractivity contribution in [3.63, 3.8) is 0 Å². The monoisotopic (exact) mass is 408 g/mol. The molecule has 3 nitrogen and oxygen atoms in total. The van der Waals surface area contributed by atoms with Gasteiger partial charge in [-0.3, -0.25) is 4.79 Å². The predicted octanol–water partition coefficient (Wildman–Crippen LogP) is 6.80. The van der Waals surface area contributed by atoms with Crippen molar-refractivity contribution in [2.24, 2.45) is 0 Å². The van der Waals surface area contributed by atoms with Crippen LogP contribution in [0.3, 0.4) is 0 Å². The molecule has 0 saturated heterocycles. The Hall–Kier alpha value is -3.14. The number of carbonyl (C=O) groups is 1. The molecule has 4 heteroatoms. The van der Waals surface area contributed by atoms with Crippen molar-refractivity contribution in [2.75, 3.05) is 13.7 Å². The summed E-state index contributed by atoms with van der Waals surface area (Å²) < 4.78 is 24.4. The Balaban J connectivity index is 2.00. The molecule has 0 saturated carbocycles. The van der Waals surface area contributed by atoms with Crippen molar-refractivity contribution < 1.29 is 18.7 Å². The fourth-order valence-corrected chi connectivity index (χ4v) is 2.78. The van der Waals surface area contributed by atoms with Crippen LogP contribution in [-0.2, 0) is 0 Å². The lowest BCUT2D eigenvalue weighted by Gasteiger charge is -2.10. The fraction of sp³-hybridized carbons (Fsp3) is 0.269. The quantitative estimate of drug-likeness (QED) is 0.246. The van der Waals surface area contributed by atoms with Gasteiger partial charge in [0.05, 0.1) is 7.11 Å². The van der Waals surface area contributed by atoms with Gasteiger partial charge in [-0.1, -0.05) is 35.4 Å². The Morgan fingerprint density at radius 1 is 1.03 bits per heavy atom. The summed E-state index contributed by atoms with van der Waals surface area (Å²) in [6.45, 7) is 6.72. The minimum Gasteiger partial charge on any atom is -0.493 e. The lowest BCUT2D eigenvalue weighted by atomic mass is 10.1. The Morgan fingerprint density at radius 3 is 2.53 bits per heavy atom. The molecule has 0 unspecified atom stereocenters. The maximum absolute atomic E-state index is 13.2. The third kappa shape index (κ3) is 7.70. The zero-order chi connectivity index (χ0) is 21.9. The Bertz CT molecular complexity index is 951. The van der Waals surface area contributed by atoms with E-state index in [0.717, 1.165) is 12.8 Å². The maximum atomic E-state index is 13.2. The molecule has 30 heavy (non-hydrogen) atoms. The van der Waals surface area contributed by atoms with Crippen molar-refractivity contribution >= 4 is 11.9 Å². The Kier molecular flexibility index (Phi) is 9.07. The Labute approximate surface area is 178 Å². The van der Waals surface area contributed by atoms with Gasteiger partial charge in [-0.2, -0.15) is 0 Å². The van der Waals surface area contributed by atoms with Gasteiger partial charge in [0.15, 0.2) is 17.3 Å². The third-order valence-corrected chi connectivity index (χ3v) is 4.49. The second-order valence-corrected chi connectivity index (χ2v) is 7.30. The minimum absolute atomic E-state index is 0.195. The molecule has 2 aromatic carbocycles. The summed E-state index contributed by atoms with van der Waals surface area (Å²) in [4.78, 5) is 12.4. The first kappa shape index (κ1) is 23.1. The normalized spacial score (nSPS) is 11.4. The van der Waals surface area contributed by atoms with Crippen molar-refractivity contribution in [1.82, 2.24) is 0 Å². The number of rotatable bonds is 10. The molecule has 0 aliphatic heterocycles. The van der Waals surface area contributed by atoms with Gasteiger partial charge in [0.1, 0.15) is 12.4 Å². The summed E-state index contributed by atoms with van der Waals surface area (Å²) in [6, 6.07) is 11.2. The van der Waals surface area contributed by atoms with Crippen molar-refractivity contribution in [1.29, 1.82) is 0 Å². The van der Waals surface area contributed by atoms with E-state index in [4.69, 9.17) is 9.47 Å². The summed E-state index contributed by atoms with van der Waals surface area (Å²) in [5, 5.41) is 0. The molecule has 0 aliphatic rings. The summed E-state index contributed by atoms with van der Waals surface area (Å²) in [5.74, 6) is 0.542. The maximum Gasteiger partial charge on any atom is 0.185 e. The lowest BCUT2D eigenvalue weighted by Crippen LogP contribution is -2.00. The second kappa shape index (κ2) is 11.8. The molecule has 0 fully saturated rings.